The fourth-order valence-electron chi connectivity index (χ4n) is 1.38. The Hall–Kier alpha value is -1.00. The van der Waals surface area contributed by atoms with Gasteiger partial charge in [0.25, 0.3) is 0 Å². The van der Waals surface area contributed by atoms with Crippen LogP contribution in [0.15, 0.2) is 18.2 Å². The molecule has 2 nitrogen and oxygen atoms in total. The van der Waals surface area contributed by atoms with Crippen molar-refractivity contribution in [3.8, 4) is 0 Å². The van der Waals surface area contributed by atoms with E-state index in [9.17, 15) is 4.39 Å². The Bertz CT molecular complexity index is 391. The lowest BCUT2D eigenvalue weighted by atomic mass is 10.1. The average molecular weight is 240 g/mol. The van der Waals surface area contributed by atoms with Gasteiger partial charge in [0.1, 0.15) is 10.8 Å². The molecule has 0 saturated heterocycles. The molecule has 0 atom stereocenters. The molecule has 0 radical (unpaired) electrons. The standard InChI is InChI=1S/C12H17FN2S/c1-8(2)15(3)7-9-6-10(13)4-5-11(9)12(14)16/h4-6,8H,7H2,1-3H3,(H2,14,16). The van der Waals surface area contributed by atoms with Gasteiger partial charge in [-0.05, 0) is 44.7 Å². The second-order valence-electron chi connectivity index (χ2n) is 4.17. The van der Waals surface area contributed by atoms with Crippen LogP contribution in [0.3, 0.4) is 0 Å². The zero-order valence-corrected chi connectivity index (χ0v) is 10.6. The molecule has 0 aliphatic carbocycles. The summed E-state index contributed by atoms with van der Waals surface area (Å²) in [6.45, 7) is 4.81. The lowest BCUT2D eigenvalue weighted by Gasteiger charge is -2.22. The highest BCUT2D eigenvalue weighted by atomic mass is 32.1. The first kappa shape index (κ1) is 13.1. The van der Waals surface area contributed by atoms with Crippen molar-refractivity contribution in [3.63, 3.8) is 0 Å². The van der Waals surface area contributed by atoms with Gasteiger partial charge in [-0.25, -0.2) is 4.39 Å². The maximum atomic E-state index is 13.2. The predicted octanol–water partition coefficient (Wildman–Crippen LogP) is 2.30. The van der Waals surface area contributed by atoms with Gasteiger partial charge in [0.2, 0.25) is 0 Å². The Kier molecular flexibility index (Phi) is 4.38. The molecule has 0 bridgehead atoms. The first-order valence-corrected chi connectivity index (χ1v) is 5.61. The molecular weight excluding hydrogens is 223 g/mol. The lowest BCUT2D eigenvalue weighted by Crippen LogP contribution is -2.27. The Labute approximate surface area is 101 Å². The van der Waals surface area contributed by atoms with E-state index in [4.69, 9.17) is 18.0 Å². The maximum Gasteiger partial charge on any atom is 0.123 e. The fourth-order valence-corrected chi connectivity index (χ4v) is 1.58. The number of rotatable bonds is 4. The third-order valence-corrected chi connectivity index (χ3v) is 2.85. The van der Waals surface area contributed by atoms with Crippen molar-refractivity contribution in [2.45, 2.75) is 26.4 Å². The molecule has 0 spiro atoms. The van der Waals surface area contributed by atoms with Crippen molar-refractivity contribution in [1.29, 1.82) is 0 Å². The van der Waals surface area contributed by atoms with Gasteiger partial charge in [0.15, 0.2) is 0 Å². The molecule has 0 unspecified atom stereocenters. The summed E-state index contributed by atoms with van der Waals surface area (Å²) in [7, 11) is 1.99. The number of nitrogens with zero attached hydrogens (tertiary/aromatic N) is 1. The highest BCUT2D eigenvalue weighted by Gasteiger charge is 2.10. The highest BCUT2D eigenvalue weighted by Crippen LogP contribution is 2.14. The number of nitrogens with two attached hydrogens (primary N) is 1. The van der Waals surface area contributed by atoms with E-state index < -0.39 is 0 Å². The van der Waals surface area contributed by atoms with E-state index in [0.717, 1.165) is 11.1 Å². The second-order valence-corrected chi connectivity index (χ2v) is 4.61. The Morgan fingerprint density at radius 2 is 2.12 bits per heavy atom. The van der Waals surface area contributed by atoms with Crippen LogP contribution in [0.25, 0.3) is 0 Å². The Morgan fingerprint density at radius 1 is 1.50 bits per heavy atom. The number of hydrogen-bond acceptors (Lipinski definition) is 2. The molecule has 0 aliphatic rings. The van der Waals surface area contributed by atoms with Gasteiger partial charge in [-0.1, -0.05) is 12.2 Å². The molecule has 2 N–H and O–H groups in total. The minimum absolute atomic E-state index is 0.257. The lowest BCUT2D eigenvalue weighted by molar-refractivity contribution is 0.265. The van der Waals surface area contributed by atoms with E-state index in [1.807, 2.05) is 7.05 Å². The van der Waals surface area contributed by atoms with Gasteiger partial charge in [0.05, 0.1) is 0 Å². The van der Waals surface area contributed by atoms with Crippen molar-refractivity contribution in [2.24, 2.45) is 5.73 Å². The minimum Gasteiger partial charge on any atom is -0.389 e. The van der Waals surface area contributed by atoms with E-state index in [1.165, 1.54) is 12.1 Å². The van der Waals surface area contributed by atoms with Crippen molar-refractivity contribution >= 4 is 17.2 Å². The second kappa shape index (κ2) is 5.37. The normalized spacial score (nSPS) is 11.1. The van der Waals surface area contributed by atoms with Crippen molar-refractivity contribution in [2.75, 3.05) is 7.05 Å². The van der Waals surface area contributed by atoms with Crippen LogP contribution in [0.5, 0.6) is 0 Å². The smallest absolute Gasteiger partial charge is 0.123 e. The van der Waals surface area contributed by atoms with E-state index in [-0.39, 0.29) is 5.82 Å². The summed E-state index contributed by atoms with van der Waals surface area (Å²) in [6.07, 6.45) is 0. The fraction of sp³-hybridized carbons (Fsp3) is 0.417. The summed E-state index contributed by atoms with van der Waals surface area (Å²) in [5.74, 6) is -0.257. The van der Waals surface area contributed by atoms with Gasteiger partial charge in [0, 0.05) is 18.2 Å². The third-order valence-electron chi connectivity index (χ3n) is 2.63. The molecule has 0 amide bonds. The van der Waals surface area contributed by atoms with Crippen molar-refractivity contribution in [1.82, 2.24) is 4.90 Å². The summed E-state index contributed by atoms with van der Waals surface area (Å²) in [5, 5.41) is 0. The van der Waals surface area contributed by atoms with E-state index in [2.05, 4.69) is 18.7 Å². The summed E-state index contributed by atoms with van der Waals surface area (Å²) >= 11 is 4.95. The van der Waals surface area contributed by atoms with Crippen LogP contribution in [0, 0.1) is 5.82 Å². The van der Waals surface area contributed by atoms with Crippen LogP contribution in [-0.4, -0.2) is 23.0 Å². The van der Waals surface area contributed by atoms with Crippen LogP contribution < -0.4 is 5.73 Å². The molecular formula is C12H17FN2S. The molecule has 16 heavy (non-hydrogen) atoms. The first-order chi connectivity index (χ1) is 7.41. The van der Waals surface area contributed by atoms with E-state index in [1.54, 1.807) is 6.07 Å². The molecule has 4 heteroatoms. The van der Waals surface area contributed by atoms with E-state index >= 15 is 0 Å². The minimum atomic E-state index is -0.257. The Balaban J connectivity index is 3.01. The maximum absolute atomic E-state index is 13.2. The zero-order valence-electron chi connectivity index (χ0n) is 9.83. The topological polar surface area (TPSA) is 29.3 Å². The first-order valence-electron chi connectivity index (χ1n) is 5.20. The van der Waals surface area contributed by atoms with Crippen molar-refractivity contribution < 1.29 is 4.39 Å². The Morgan fingerprint density at radius 3 is 2.62 bits per heavy atom. The number of halogens is 1. The van der Waals surface area contributed by atoms with Crippen LogP contribution in [0.4, 0.5) is 4.39 Å². The molecule has 0 fully saturated rings. The monoisotopic (exact) mass is 240 g/mol. The summed E-state index contributed by atoms with van der Waals surface area (Å²) in [5.41, 5.74) is 7.20. The largest absolute Gasteiger partial charge is 0.389 e. The molecule has 1 rings (SSSR count). The molecule has 0 aromatic heterocycles. The van der Waals surface area contributed by atoms with Crippen LogP contribution >= 0.6 is 12.2 Å². The van der Waals surface area contributed by atoms with Gasteiger partial charge in [-0.2, -0.15) is 0 Å². The highest BCUT2D eigenvalue weighted by molar-refractivity contribution is 7.80. The molecule has 0 heterocycles. The summed E-state index contributed by atoms with van der Waals surface area (Å²) in [4.78, 5) is 2.42. The summed E-state index contributed by atoms with van der Waals surface area (Å²) < 4.78 is 13.2. The quantitative estimate of drug-likeness (QED) is 0.819. The van der Waals surface area contributed by atoms with Crippen molar-refractivity contribution in [3.05, 3.63) is 35.1 Å². The van der Waals surface area contributed by atoms with Crippen LogP contribution in [-0.2, 0) is 6.54 Å². The van der Waals surface area contributed by atoms with Gasteiger partial charge >= 0.3 is 0 Å². The third kappa shape index (κ3) is 3.25. The molecule has 0 aliphatic heterocycles. The molecule has 0 saturated carbocycles. The van der Waals surface area contributed by atoms with Crippen LogP contribution in [0.2, 0.25) is 0 Å². The van der Waals surface area contributed by atoms with E-state index in [0.29, 0.717) is 17.6 Å². The van der Waals surface area contributed by atoms with Gasteiger partial charge < -0.3 is 5.73 Å². The van der Waals surface area contributed by atoms with Crippen LogP contribution in [0.1, 0.15) is 25.0 Å². The number of benzene rings is 1. The number of thiocarbonyl (C=S) groups is 1. The average Bonchev–Trinajstić information content (AvgIpc) is 2.16. The SMILES string of the molecule is CC(C)N(C)Cc1cc(F)ccc1C(N)=S. The predicted molar refractivity (Wildman–Crippen MR) is 68.9 cm³/mol. The molecule has 88 valence electrons. The van der Waals surface area contributed by atoms with Gasteiger partial charge in [-0.15, -0.1) is 0 Å². The number of hydrogen-bond donors (Lipinski definition) is 1. The zero-order chi connectivity index (χ0) is 12.3. The summed E-state index contributed by atoms with van der Waals surface area (Å²) in [6, 6.07) is 4.91. The molecule has 1 aromatic rings. The molecule has 1 aromatic carbocycles. The van der Waals surface area contributed by atoms with Gasteiger partial charge in [-0.3, -0.25) is 4.90 Å².